The van der Waals surface area contributed by atoms with Gasteiger partial charge < -0.3 is 9.67 Å². The third-order valence-electron chi connectivity index (χ3n) is 2.95. The molecule has 1 heterocycles. The average Bonchev–Trinajstić information content (AvgIpc) is 2.79. The van der Waals surface area contributed by atoms with Gasteiger partial charge in [-0.25, -0.2) is 4.98 Å². The van der Waals surface area contributed by atoms with Crippen LogP contribution in [0.1, 0.15) is 19.9 Å². The standard InChI is InChI=1S/C14H17IN2O2S2/c1-3-20-7-9(2)17-12-5-4-10(15)6-11(12)16-14(17)21-8-13(18)19/h4-6,9H,3,7-8H2,1-2H3,(H,18,19). The predicted molar refractivity (Wildman–Crippen MR) is 98.5 cm³/mol. The fourth-order valence-corrected chi connectivity index (χ4v) is 4.10. The van der Waals surface area contributed by atoms with Gasteiger partial charge in [-0.1, -0.05) is 18.7 Å². The van der Waals surface area contributed by atoms with E-state index in [1.807, 2.05) is 17.8 Å². The van der Waals surface area contributed by atoms with Crippen LogP contribution in [-0.4, -0.2) is 37.9 Å². The van der Waals surface area contributed by atoms with Crippen molar-refractivity contribution >= 4 is 63.1 Å². The summed E-state index contributed by atoms with van der Waals surface area (Å²) in [5.41, 5.74) is 2.01. The van der Waals surface area contributed by atoms with Crippen molar-refractivity contribution in [3.63, 3.8) is 0 Å². The van der Waals surface area contributed by atoms with Gasteiger partial charge in [-0.05, 0) is 53.5 Å². The van der Waals surface area contributed by atoms with Gasteiger partial charge in [0, 0.05) is 15.4 Å². The third kappa shape index (κ3) is 4.29. The van der Waals surface area contributed by atoms with E-state index < -0.39 is 5.97 Å². The second kappa shape index (κ2) is 7.73. The second-order valence-corrected chi connectivity index (χ2v) is 8.10. The summed E-state index contributed by atoms with van der Waals surface area (Å²) >= 11 is 5.44. The van der Waals surface area contributed by atoms with Gasteiger partial charge in [0.2, 0.25) is 0 Å². The normalized spacial score (nSPS) is 12.7. The van der Waals surface area contributed by atoms with Crippen LogP contribution >= 0.6 is 46.1 Å². The van der Waals surface area contributed by atoms with E-state index in [-0.39, 0.29) is 11.8 Å². The van der Waals surface area contributed by atoms with Crippen molar-refractivity contribution in [2.75, 3.05) is 17.3 Å². The molecule has 0 saturated heterocycles. The van der Waals surface area contributed by atoms with E-state index in [1.54, 1.807) is 0 Å². The summed E-state index contributed by atoms with van der Waals surface area (Å²) in [6.45, 7) is 4.30. The van der Waals surface area contributed by atoms with Crippen LogP contribution in [0.5, 0.6) is 0 Å². The molecule has 0 radical (unpaired) electrons. The molecule has 0 spiro atoms. The van der Waals surface area contributed by atoms with E-state index in [2.05, 4.69) is 58.1 Å². The highest BCUT2D eigenvalue weighted by atomic mass is 127. The molecule has 7 heteroatoms. The van der Waals surface area contributed by atoms with Crippen LogP contribution in [0.25, 0.3) is 11.0 Å². The van der Waals surface area contributed by atoms with Gasteiger partial charge in [0.15, 0.2) is 5.16 Å². The largest absolute Gasteiger partial charge is 0.481 e. The lowest BCUT2D eigenvalue weighted by Crippen LogP contribution is -2.10. The number of hydrogen-bond acceptors (Lipinski definition) is 4. The summed E-state index contributed by atoms with van der Waals surface area (Å²) in [5, 5.41) is 9.69. The molecule has 1 unspecified atom stereocenters. The molecule has 4 nitrogen and oxygen atoms in total. The van der Waals surface area contributed by atoms with E-state index >= 15 is 0 Å². The molecular weight excluding hydrogens is 419 g/mol. The number of aromatic nitrogens is 2. The Kier molecular flexibility index (Phi) is 6.24. The van der Waals surface area contributed by atoms with E-state index in [1.165, 1.54) is 11.8 Å². The highest BCUT2D eigenvalue weighted by Crippen LogP contribution is 2.30. The third-order valence-corrected chi connectivity index (χ3v) is 5.68. The predicted octanol–water partition coefficient (Wildman–Crippen LogP) is 4.13. The van der Waals surface area contributed by atoms with Crippen molar-refractivity contribution in [2.45, 2.75) is 25.0 Å². The van der Waals surface area contributed by atoms with Crippen LogP contribution < -0.4 is 0 Å². The van der Waals surface area contributed by atoms with E-state index in [0.29, 0.717) is 0 Å². The summed E-state index contributed by atoms with van der Waals surface area (Å²) in [6, 6.07) is 6.46. The summed E-state index contributed by atoms with van der Waals surface area (Å²) < 4.78 is 3.30. The Morgan fingerprint density at radius 1 is 1.52 bits per heavy atom. The smallest absolute Gasteiger partial charge is 0.313 e. The number of carboxylic acid groups (broad SMARTS) is 1. The highest BCUT2D eigenvalue weighted by Gasteiger charge is 2.17. The van der Waals surface area contributed by atoms with Crippen LogP contribution in [-0.2, 0) is 4.79 Å². The summed E-state index contributed by atoms with van der Waals surface area (Å²) in [6.07, 6.45) is 0. The zero-order valence-electron chi connectivity index (χ0n) is 11.9. The van der Waals surface area contributed by atoms with Gasteiger partial charge in [-0.2, -0.15) is 11.8 Å². The van der Waals surface area contributed by atoms with Crippen molar-refractivity contribution in [2.24, 2.45) is 0 Å². The Morgan fingerprint density at radius 2 is 2.29 bits per heavy atom. The highest BCUT2D eigenvalue weighted by molar-refractivity contribution is 14.1. The molecule has 114 valence electrons. The maximum absolute atomic E-state index is 10.8. The van der Waals surface area contributed by atoms with E-state index in [0.717, 1.165) is 31.3 Å². The molecule has 0 saturated carbocycles. The number of rotatable bonds is 7. The minimum absolute atomic E-state index is 0.0358. The van der Waals surface area contributed by atoms with Crippen LogP contribution in [0.15, 0.2) is 23.4 Å². The maximum atomic E-state index is 10.8. The Balaban J connectivity index is 2.41. The van der Waals surface area contributed by atoms with Crippen LogP contribution in [0.3, 0.4) is 0 Å². The summed E-state index contributed by atoms with van der Waals surface area (Å²) in [4.78, 5) is 15.5. The SMILES string of the molecule is CCSCC(C)n1c(SCC(=O)O)nc2cc(I)ccc21. The van der Waals surface area contributed by atoms with Crippen LogP contribution in [0, 0.1) is 3.57 Å². The average molecular weight is 436 g/mol. The van der Waals surface area contributed by atoms with Crippen molar-refractivity contribution in [3.8, 4) is 0 Å². The number of halogens is 1. The minimum Gasteiger partial charge on any atom is -0.481 e. The molecule has 21 heavy (non-hydrogen) atoms. The molecule has 0 aliphatic heterocycles. The lowest BCUT2D eigenvalue weighted by molar-refractivity contribution is -0.133. The molecule has 1 aromatic heterocycles. The van der Waals surface area contributed by atoms with Gasteiger partial charge in [-0.15, -0.1) is 0 Å². The first kappa shape index (κ1) is 17.0. The first-order valence-electron chi connectivity index (χ1n) is 6.62. The topological polar surface area (TPSA) is 55.1 Å². The van der Waals surface area contributed by atoms with Gasteiger partial charge >= 0.3 is 5.97 Å². The molecule has 0 bridgehead atoms. The molecule has 1 aromatic carbocycles. The molecule has 1 N–H and O–H groups in total. The van der Waals surface area contributed by atoms with Crippen molar-refractivity contribution in [3.05, 3.63) is 21.8 Å². The molecule has 2 rings (SSSR count). The Hall–Kier alpha value is -0.410. The zero-order valence-corrected chi connectivity index (χ0v) is 15.7. The number of imidazole rings is 1. The zero-order chi connectivity index (χ0) is 15.4. The molecule has 0 amide bonds. The molecule has 0 aliphatic carbocycles. The number of carboxylic acids is 1. The first-order valence-corrected chi connectivity index (χ1v) is 9.84. The van der Waals surface area contributed by atoms with Crippen molar-refractivity contribution < 1.29 is 9.90 Å². The molecular formula is C14H17IN2O2S2. The van der Waals surface area contributed by atoms with Crippen LogP contribution in [0.4, 0.5) is 0 Å². The summed E-state index contributed by atoms with van der Waals surface area (Å²) in [7, 11) is 0. The number of carbonyl (C=O) groups is 1. The second-order valence-electron chi connectivity index (χ2n) is 4.59. The minimum atomic E-state index is -0.816. The number of benzene rings is 1. The lowest BCUT2D eigenvalue weighted by Gasteiger charge is -2.16. The van der Waals surface area contributed by atoms with Gasteiger partial charge in [0.1, 0.15) is 0 Å². The van der Waals surface area contributed by atoms with Gasteiger partial charge in [0.05, 0.1) is 16.8 Å². The molecule has 0 fully saturated rings. The fraction of sp³-hybridized carbons (Fsp3) is 0.429. The quantitative estimate of drug-likeness (QED) is 0.523. The van der Waals surface area contributed by atoms with E-state index in [9.17, 15) is 4.79 Å². The number of nitrogens with zero attached hydrogens (tertiary/aromatic N) is 2. The Labute approximate surface area is 146 Å². The van der Waals surface area contributed by atoms with Crippen molar-refractivity contribution in [1.29, 1.82) is 0 Å². The summed E-state index contributed by atoms with van der Waals surface area (Å²) in [5.74, 6) is 1.29. The molecule has 2 aromatic rings. The van der Waals surface area contributed by atoms with Crippen molar-refractivity contribution in [1.82, 2.24) is 9.55 Å². The Bertz CT molecular complexity index is 645. The number of thioether (sulfide) groups is 2. The number of hydrogen-bond donors (Lipinski definition) is 1. The monoisotopic (exact) mass is 436 g/mol. The van der Waals surface area contributed by atoms with E-state index in [4.69, 9.17) is 5.11 Å². The van der Waals surface area contributed by atoms with Gasteiger partial charge in [-0.3, -0.25) is 4.79 Å². The number of fused-ring (bicyclic) bond motifs is 1. The fourth-order valence-electron chi connectivity index (χ4n) is 2.07. The van der Waals surface area contributed by atoms with Crippen LogP contribution in [0.2, 0.25) is 0 Å². The number of aliphatic carboxylic acids is 1. The van der Waals surface area contributed by atoms with Gasteiger partial charge in [0.25, 0.3) is 0 Å². The molecule has 1 atom stereocenters. The lowest BCUT2D eigenvalue weighted by atomic mass is 10.3. The maximum Gasteiger partial charge on any atom is 0.313 e. The molecule has 0 aliphatic rings. The first-order chi connectivity index (χ1) is 10.0. The Morgan fingerprint density at radius 3 is 2.95 bits per heavy atom.